The zero-order chi connectivity index (χ0) is 13.9. The molecule has 0 amide bonds. The maximum absolute atomic E-state index is 13.8. The Labute approximate surface area is 125 Å². The van der Waals surface area contributed by atoms with Crippen molar-refractivity contribution in [3.63, 3.8) is 0 Å². The van der Waals surface area contributed by atoms with Gasteiger partial charge < -0.3 is 0 Å². The van der Waals surface area contributed by atoms with Gasteiger partial charge in [-0.25, -0.2) is 4.39 Å². The molecule has 3 aromatic rings. The van der Waals surface area contributed by atoms with Crippen LogP contribution in [0, 0.1) is 5.82 Å². The maximum Gasteiger partial charge on any atom is 0.129 e. The highest BCUT2D eigenvalue weighted by Crippen LogP contribution is 2.19. The van der Waals surface area contributed by atoms with E-state index in [4.69, 9.17) is 0 Å². The molecule has 0 N–H and O–H groups in total. The van der Waals surface area contributed by atoms with Crippen LogP contribution in [0.15, 0.2) is 65.4 Å². The van der Waals surface area contributed by atoms with E-state index in [0.29, 0.717) is 12.1 Å². The molecule has 0 radical (unpaired) electrons. The molecular formula is C16H12BrFN2. The fourth-order valence-electron chi connectivity index (χ4n) is 2.05. The van der Waals surface area contributed by atoms with Gasteiger partial charge in [0, 0.05) is 21.8 Å². The van der Waals surface area contributed by atoms with Gasteiger partial charge in [0.1, 0.15) is 5.82 Å². The maximum atomic E-state index is 13.8. The van der Waals surface area contributed by atoms with Crippen molar-refractivity contribution in [2.45, 2.75) is 6.54 Å². The first-order valence-corrected chi connectivity index (χ1v) is 7.03. The van der Waals surface area contributed by atoms with Gasteiger partial charge in [0.2, 0.25) is 0 Å². The fourth-order valence-corrected chi connectivity index (χ4v) is 2.39. The van der Waals surface area contributed by atoms with Crippen molar-refractivity contribution < 1.29 is 4.39 Å². The molecule has 0 fully saturated rings. The molecule has 0 spiro atoms. The Morgan fingerprint density at radius 2 is 1.85 bits per heavy atom. The van der Waals surface area contributed by atoms with Crippen LogP contribution in [-0.4, -0.2) is 9.78 Å². The number of halogens is 2. The highest BCUT2D eigenvalue weighted by molar-refractivity contribution is 9.10. The first-order valence-electron chi connectivity index (χ1n) is 6.24. The van der Waals surface area contributed by atoms with Crippen LogP contribution >= 0.6 is 15.9 Å². The molecule has 1 aromatic heterocycles. The summed E-state index contributed by atoms with van der Waals surface area (Å²) >= 11 is 3.25. The molecule has 0 aliphatic heterocycles. The van der Waals surface area contributed by atoms with Gasteiger partial charge in [-0.3, -0.25) is 4.68 Å². The van der Waals surface area contributed by atoms with E-state index >= 15 is 0 Å². The van der Waals surface area contributed by atoms with Gasteiger partial charge in [-0.15, -0.1) is 0 Å². The molecule has 0 atom stereocenters. The Morgan fingerprint density at radius 1 is 1.05 bits per heavy atom. The third-order valence-corrected chi connectivity index (χ3v) is 3.58. The van der Waals surface area contributed by atoms with Gasteiger partial charge in [-0.05, 0) is 17.7 Å². The molecule has 0 aliphatic carbocycles. The van der Waals surface area contributed by atoms with Gasteiger partial charge in [0.15, 0.2) is 0 Å². The van der Waals surface area contributed by atoms with Crippen molar-refractivity contribution in [1.29, 1.82) is 0 Å². The predicted molar refractivity (Wildman–Crippen MR) is 80.9 cm³/mol. The summed E-state index contributed by atoms with van der Waals surface area (Å²) in [6.07, 6.45) is 3.73. The Balaban J connectivity index is 1.84. The molecule has 0 saturated heterocycles. The van der Waals surface area contributed by atoms with E-state index < -0.39 is 0 Å². The molecule has 0 aliphatic rings. The van der Waals surface area contributed by atoms with Crippen molar-refractivity contribution in [2.75, 3.05) is 0 Å². The summed E-state index contributed by atoms with van der Waals surface area (Å²) in [7, 11) is 0. The van der Waals surface area contributed by atoms with E-state index in [1.165, 1.54) is 6.07 Å². The van der Waals surface area contributed by atoms with Crippen LogP contribution in [0.25, 0.3) is 11.1 Å². The molecular weight excluding hydrogens is 319 g/mol. The van der Waals surface area contributed by atoms with Crippen LogP contribution in [-0.2, 0) is 6.54 Å². The summed E-state index contributed by atoms with van der Waals surface area (Å²) in [5.41, 5.74) is 2.76. The second-order valence-corrected chi connectivity index (χ2v) is 5.44. The Hall–Kier alpha value is -1.94. The molecule has 2 nitrogen and oxygen atoms in total. The van der Waals surface area contributed by atoms with E-state index in [1.807, 2.05) is 42.6 Å². The van der Waals surface area contributed by atoms with Gasteiger partial charge in [0.05, 0.1) is 12.7 Å². The van der Waals surface area contributed by atoms with Crippen LogP contribution in [0.3, 0.4) is 0 Å². The zero-order valence-corrected chi connectivity index (χ0v) is 12.2. The van der Waals surface area contributed by atoms with Crippen molar-refractivity contribution in [3.05, 3.63) is 76.8 Å². The number of benzene rings is 2. The van der Waals surface area contributed by atoms with E-state index in [9.17, 15) is 4.39 Å². The molecule has 0 saturated carbocycles. The van der Waals surface area contributed by atoms with Crippen molar-refractivity contribution >= 4 is 15.9 Å². The van der Waals surface area contributed by atoms with Gasteiger partial charge in [-0.2, -0.15) is 5.10 Å². The molecule has 20 heavy (non-hydrogen) atoms. The summed E-state index contributed by atoms with van der Waals surface area (Å²) in [6, 6.07) is 15.1. The van der Waals surface area contributed by atoms with Crippen LogP contribution in [0.5, 0.6) is 0 Å². The number of aromatic nitrogens is 2. The average Bonchev–Trinajstić information content (AvgIpc) is 2.92. The molecule has 100 valence electrons. The van der Waals surface area contributed by atoms with Crippen LogP contribution < -0.4 is 0 Å². The summed E-state index contributed by atoms with van der Waals surface area (Å²) < 4.78 is 16.3. The van der Waals surface area contributed by atoms with Crippen molar-refractivity contribution in [2.24, 2.45) is 0 Å². The minimum absolute atomic E-state index is 0.226. The lowest BCUT2D eigenvalue weighted by atomic mass is 10.1. The number of nitrogens with zero attached hydrogens (tertiary/aromatic N) is 2. The third kappa shape index (κ3) is 2.80. The van der Waals surface area contributed by atoms with Crippen LogP contribution in [0.4, 0.5) is 4.39 Å². The van der Waals surface area contributed by atoms with Crippen LogP contribution in [0.2, 0.25) is 0 Å². The highest BCUT2D eigenvalue weighted by Gasteiger charge is 2.06. The van der Waals surface area contributed by atoms with Crippen molar-refractivity contribution in [1.82, 2.24) is 9.78 Å². The lowest BCUT2D eigenvalue weighted by molar-refractivity contribution is 0.584. The largest absolute Gasteiger partial charge is 0.268 e. The minimum atomic E-state index is -0.226. The Bertz CT molecular complexity index is 722. The summed E-state index contributed by atoms with van der Waals surface area (Å²) in [6.45, 7) is 0.423. The topological polar surface area (TPSA) is 17.8 Å². The number of rotatable bonds is 3. The zero-order valence-electron chi connectivity index (χ0n) is 10.6. The van der Waals surface area contributed by atoms with E-state index in [-0.39, 0.29) is 5.82 Å². The Kier molecular flexibility index (Phi) is 3.65. The average molecular weight is 331 g/mol. The summed E-state index contributed by atoms with van der Waals surface area (Å²) in [5, 5.41) is 4.29. The van der Waals surface area contributed by atoms with E-state index in [2.05, 4.69) is 21.0 Å². The normalized spacial score (nSPS) is 10.7. The SMILES string of the molecule is Fc1cc(Br)ccc1Cn1cc(-c2ccccc2)cn1. The minimum Gasteiger partial charge on any atom is -0.268 e. The monoisotopic (exact) mass is 330 g/mol. The fraction of sp³-hybridized carbons (Fsp3) is 0.0625. The predicted octanol–water partition coefficient (Wildman–Crippen LogP) is 4.50. The smallest absolute Gasteiger partial charge is 0.129 e. The second kappa shape index (κ2) is 5.59. The lowest BCUT2D eigenvalue weighted by Crippen LogP contribution is -2.02. The number of hydrogen-bond donors (Lipinski definition) is 0. The molecule has 0 bridgehead atoms. The van der Waals surface area contributed by atoms with E-state index in [0.717, 1.165) is 15.6 Å². The quantitative estimate of drug-likeness (QED) is 0.691. The lowest BCUT2D eigenvalue weighted by Gasteiger charge is -2.04. The molecule has 0 unspecified atom stereocenters. The first-order chi connectivity index (χ1) is 9.72. The van der Waals surface area contributed by atoms with E-state index in [1.54, 1.807) is 16.9 Å². The summed E-state index contributed by atoms with van der Waals surface area (Å²) in [5.74, 6) is -0.226. The Morgan fingerprint density at radius 3 is 2.60 bits per heavy atom. The third-order valence-electron chi connectivity index (χ3n) is 3.09. The van der Waals surface area contributed by atoms with Crippen molar-refractivity contribution in [3.8, 4) is 11.1 Å². The number of hydrogen-bond acceptors (Lipinski definition) is 1. The molecule has 3 rings (SSSR count). The van der Waals surface area contributed by atoms with Gasteiger partial charge >= 0.3 is 0 Å². The summed E-state index contributed by atoms with van der Waals surface area (Å²) in [4.78, 5) is 0. The van der Waals surface area contributed by atoms with Gasteiger partial charge in [-0.1, -0.05) is 52.3 Å². The molecule has 1 heterocycles. The standard InChI is InChI=1S/C16H12BrFN2/c17-15-7-6-13(16(18)8-15)10-20-11-14(9-19-20)12-4-2-1-3-5-12/h1-9,11H,10H2. The second-order valence-electron chi connectivity index (χ2n) is 4.53. The molecule has 4 heteroatoms. The van der Waals surface area contributed by atoms with Gasteiger partial charge in [0.25, 0.3) is 0 Å². The molecule has 2 aromatic carbocycles. The highest BCUT2D eigenvalue weighted by atomic mass is 79.9. The van der Waals surface area contributed by atoms with Crippen LogP contribution in [0.1, 0.15) is 5.56 Å². The first kappa shape index (κ1) is 13.1.